The average Bonchev–Trinajstić information content (AvgIpc) is 2.44. The Morgan fingerprint density at radius 3 is 2.52 bits per heavy atom. The number of methoxy groups -OCH3 is 1. The van der Waals surface area contributed by atoms with Crippen molar-refractivity contribution in [2.24, 2.45) is 0 Å². The van der Waals surface area contributed by atoms with E-state index >= 15 is 0 Å². The van der Waals surface area contributed by atoms with Crippen LogP contribution >= 0.6 is 0 Å². The molecule has 0 aliphatic carbocycles. The van der Waals surface area contributed by atoms with E-state index in [0.29, 0.717) is 17.2 Å². The number of nitrogen functional groups attached to an aromatic ring is 1. The van der Waals surface area contributed by atoms with E-state index in [-0.39, 0.29) is 11.5 Å². The molecule has 0 saturated carbocycles. The third-order valence-corrected chi connectivity index (χ3v) is 3.97. The summed E-state index contributed by atoms with van der Waals surface area (Å²) < 4.78 is 33.7. The lowest BCUT2D eigenvalue weighted by molar-refractivity contribution is 0.304. The molecule has 0 radical (unpaired) electrons. The van der Waals surface area contributed by atoms with Crippen molar-refractivity contribution in [2.45, 2.75) is 11.5 Å². The molecule has 112 valence electrons. The van der Waals surface area contributed by atoms with Gasteiger partial charge in [0.25, 0.3) is 0 Å². The third kappa shape index (κ3) is 4.13. The molecule has 2 N–H and O–H groups in total. The van der Waals surface area contributed by atoms with E-state index in [2.05, 4.69) is 0 Å². The Morgan fingerprint density at radius 2 is 1.86 bits per heavy atom. The molecular formula is C15H17NO4S. The molecule has 2 rings (SSSR count). The highest BCUT2D eigenvalue weighted by atomic mass is 32.2. The number of sulfone groups is 1. The zero-order valence-electron chi connectivity index (χ0n) is 11.9. The normalized spacial score (nSPS) is 11.1. The summed E-state index contributed by atoms with van der Waals surface area (Å²) in [6, 6.07) is 11.7. The van der Waals surface area contributed by atoms with Gasteiger partial charge in [-0.1, -0.05) is 6.07 Å². The number of rotatable bonds is 5. The first kappa shape index (κ1) is 15.2. The Bertz CT molecular complexity index is 741. The zero-order chi connectivity index (χ0) is 15.5. The van der Waals surface area contributed by atoms with Crippen LogP contribution in [-0.2, 0) is 16.4 Å². The SMILES string of the molecule is COc1cc(N)cc(COc2cccc(S(C)(=O)=O)c2)c1. The topological polar surface area (TPSA) is 78.6 Å². The van der Waals surface area contributed by atoms with Crippen LogP contribution in [-0.4, -0.2) is 21.8 Å². The van der Waals surface area contributed by atoms with Gasteiger partial charge in [0.15, 0.2) is 9.84 Å². The van der Waals surface area contributed by atoms with Crippen LogP contribution in [0.15, 0.2) is 47.4 Å². The molecular weight excluding hydrogens is 290 g/mol. The lowest BCUT2D eigenvalue weighted by Gasteiger charge is -2.09. The number of benzene rings is 2. The number of nitrogens with two attached hydrogens (primary N) is 1. The van der Waals surface area contributed by atoms with Crippen LogP contribution in [0.2, 0.25) is 0 Å². The lowest BCUT2D eigenvalue weighted by Crippen LogP contribution is -2.00. The maximum Gasteiger partial charge on any atom is 0.175 e. The van der Waals surface area contributed by atoms with Crippen molar-refractivity contribution in [3.8, 4) is 11.5 Å². The largest absolute Gasteiger partial charge is 0.497 e. The van der Waals surface area contributed by atoms with Crippen molar-refractivity contribution in [3.63, 3.8) is 0 Å². The van der Waals surface area contributed by atoms with Crippen LogP contribution in [0.25, 0.3) is 0 Å². The van der Waals surface area contributed by atoms with Gasteiger partial charge in [-0.05, 0) is 35.9 Å². The highest BCUT2D eigenvalue weighted by Crippen LogP contribution is 2.22. The van der Waals surface area contributed by atoms with E-state index in [4.69, 9.17) is 15.2 Å². The van der Waals surface area contributed by atoms with Crippen LogP contribution in [0.1, 0.15) is 5.56 Å². The second-order valence-electron chi connectivity index (χ2n) is 4.65. The number of anilines is 1. The Morgan fingerprint density at radius 1 is 1.10 bits per heavy atom. The molecule has 0 saturated heterocycles. The summed E-state index contributed by atoms with van der Waals surface area (Å²) >= 11 is 0. The van der Waals surface area contributed by atoms with Gasteiger partial charge in [0.2, 0.25) is 0 Å². The summed E-state index contributed by atoms with van der Waals surface area (Å²) in [5, 5.41) is 0. The fourth-order valence-electron chi connectivity index (χ4n) is 1.85. The first-order chi connectivity index (χ1) is 9.88. The van der Waals surface area contributed by atoms with Gasteiger partial charge in [0.05, 0.1) is 12.0 Å². The molecule has 0 aliphatic rings. The molecule has 0 spiro atoms. The summed E-state index contributed by atoms with van der Waals surface area (Å²) in [4.78, 5) is 0.227. The van der Waals surface area contributed by atoms with E-state index in [1.54, 1.807) is 31.4 Å². The summed E-state index contributed by atoms with van der Waals surface area (Å²) in [6.45, 7) is 0.272. The second-order valence-corrected chi connectivity index (χ2v) is 6.67. The van der Waals surface area contributed by atoms with E-state index in [0.717, 1.165) is 11.8 Å². The third-order valence-electron chi connectivity index (χ3n) is 2.86. The predicted molar refractivity (Wildman–Crippen MR) is 81.3 cm³/mol. The minimum absolute atomic E-state index is 0.227. The van der Waals surface area contributed by atoms with Gasteiger partial charge in [-0.2, -0.15) is 0 Å². The molecule has 0 heterocycles. The zero-order valence-corrected chi connectivity index (χ0v) is 12.7. The highest BCUT2D eigenvalue weighted by Gasteiger charge is 2.08. The molecule has 0 unspecified atom stereocenters. The summed E-state index contributed by atoms with van der Waals surface area (Å²) in [5.74, 6) is 1.14. The molecule has 21 heavy (non-hydrogen) atoms. The number of ether oxygens (including phenoxy) is 2. The fraction of sp³-hybridized carbons (Fsp3) is 0.200. The van der Waals surface area contributed by atoms with Crippen LogP contribution in [0, 0.1) is 0 Å². The average molecular weight is 307 g/mol. The van der Waals surface area contributed by atoms with Crippen molar-refractivity contribution in [2.75, 3.05) is 19.1 Å². The molecule has 0 bridgehead atoms. The maximum absolute atomic E-state index is 11.5. The second kappa shape index (κ2) is 6.05. The van der Waals surface area contributed by atoms with Crippen LogP contribution in [0.4, 0.5) is 5.69 Å². The smallest absolute Gasteiger partial charge is 0.175 e. The summed E-state index contributed by atoms with van der Waals surface area (Å²) in [7, 11) is -1.68. The molecule has 2 aromatic carbocycles. The van der Waals surface area contributed by atoms with Gasteiger partial charge >= 0.3 is 0 Å². The first-order valence-electron chi connectivity index (χ1n) is 6.25. The fourth-order valence-corrected chi connectivity index (χ4v) is 2.50. The minimum atomic E-state index is -3.25. The predicted octanol–water partition coefficient (Wildman–Crippen LogP) is 2.26. The van der Waals surface area contributed by atoms with Gasteiger partial charge in [-0.25, -0.2) is 8.42 Å². The van der Waals surface area contributed by atoms with Crippen LogP contribution in [0.3, 0.4) is 0 Å². The van der Waals surface area contributed by atoms with Crippen molar-refractivity contribution in [1.29, 1.82) is 0 Å². The molecule has 0 aromatic heterocycles. The van der Waals surface area contributed by atoms with Crippen molar-refractivity contribution in [3.05, 3.63) is 48.0 Å². The van der Waals surface area contributed by atoms with E-state index in [1.807, 2.05) is 6.07 Å². The van der Waals surface area contributed by atoms with Gasteiger partial charge in [0.1, 0.15) is 18.1 Å². The Hall–Kier alpha value is -2.21. The molecule has 0 atom stereocenters. The summed E-state index contributed by atoms with van der Waals surface area (Å²) in [6.07, 6.45) is 1.16. The monoisotopic (exact) mass is 307 g/mol. The Balaban J connectivity index is 2.15. The van der Waals surface area contributed by atoms with Gasteiger partial charge in [0, 0.05) is 18.0 Å². The van der Waals surface area contributed by atoms with Gasteiger partial charge < -0.3 is 15.2 Å². The van der Waals surface area contributed by atoms with Crippen LogP contribution in [0.5, 0.6) is 11.5 Å². The van der Waals surface area contributed by atoms with Crippen molar-refractivity contribution >= 4 is 15.5 Å². The highest BCUT2D eigenvalue weighted by molar-refractivity contribution is 7.90. The molecule has 0 aliphatic heterocycles. The molecule has 2 aromatic rings. The van der Waals surface area contributed by atoms with Gasteiger partial charge in [-0.15, -0.1) is 0 Å². The van der Waals surface area contributed by atoms with E-state index < -0.39 is 9.84 Å². The Kier molecular flexibility index (Phi) is 4.37. The first-order valence-corrected chi connectivity index (χ1v) is 8.14. The molecule has 6 heteroatoms. The van der Waals surface area contributed by atoms with Crippen molar-refractivity contribution in [1.82, 2.24) is 0 Å². The van der Waals surface area contributed by atoms with Crippen LogP contribution < -0.4 is 15.2 Å². The Labute approximate surface area is 124 Å². The maximum atomic E-state index is 11.5. The number of hydrogen-bond donors (Lipinski definition) is 1. The van der Waals surface area contributed by atoms with E-state index in [1.165, 1.54) is 12.1 Å². The van der Waals surface area contributed by atoms with Crippen molar-refractivity contribution < 1.29 is 17.9 Å². The number of hydrogen-bond acceptors (Lipinski definition) is 5. The molecule has 0 fully saturated rings. The summed E-state index contributed by atoms with van der Waals surface area (Å²) in [5.41, 5.74) is 7.20. The lowest BCUT2D eigenvalue weighted by atomic mass is 10.2. The minimum Gasteiger partial charge on any atom is -0.497 e. The quantitative estimate of drug-likeness (QED) is 0.857. The molecule has 5 nitrogen and oxygen atoms in total. The van der Waals surface area contributed by atoms with E-state index in [9.17, 15) is 8.42 Å². The standard InChI is InChI=1S/C15H17NO4S/c1-19-14-7-11(6-12(16)8-14)10-20-13-4-3-5-15(9-13)21(2,17)18/h3-9H,10,16H2,1-2H3. The molecule has 0 amide bonds. The van der Waals surface area contributed by atoms with Gasteiger partial charge in [-0.3, -0.25) is 0 Å².